The van der Waals surface area contributed by atoms with E-state index in [1.807, 2.05) is 42.7 Å². The van der Waals surface area contributed by atoms with Gasteiger partial charge in [0.05, 0.1) is 11.7 Å². The quantitative estimate of drug-likeness (QED) is 0.584. The normalized spacial score (nSPS) is 10.9. The Morgan fingerprint density at radius 3 is 2.62 bits per heavy atom. The van der Waals surface area contributed by atoms with E-state index in [-0.39, 0.29) is 6.03 Å². The summed E-state index contributed by atoms with van der Waals surface area (Å²) in [5.74, 6) is 0. The molecule has 26 heavy (non-hydrogen) atoms. The summed E-state index contributed by atoms with van der Waals surface area (Å²) in [6, 6.07) is 13.9. The monoisotopic (exact) mass is 345 g/mol. The van der Waals surface area contributed by atoms with Crippen LogP contribution in [0.15, 0.2) is 67.3 Å². The number of hydrogen-bond donors (Lipinski definition) is 2. The molecule has 4 rings (SSSR count). The second-order valence-corrected chi connectivity index (χ2v) is 6.03. The van der Waals surface area contributed by atoms with Crippen molar-refractivity contribution in [3.8, 4) is 0 Å². The van der Waals surface area contributed by atoms with Crippen molar-refractivity contribution in [3.05, 3.63) is 72.8 Å². The maximum Gasteiger partial charge on any atom is 0.315 e. The molecule has 2 amide bonds. The number of pyridine rings is 2. The molecule has 0 radical (unpaired) electrons. The smallest absolute Gasteiger partial charge is 0.315 e. The Bertz CT molecular complexity index is 989. The van der Waals surface area contributed by atoms with Gasteiger partial charge in [0.15, 0.2) is 0 Å². The summed E-state index contributed by atoms with van der Waals surface area (Å²) in [5.41, 5.74) is 3.19. The predicted octanol–water partition coefficient (Wildman–Crippen LogP) is 3.08. The van der Waals surface area contributed by atoms with Gasteiger partial charge in [-0.2, -0.15) is 0 Å². The highest BCUT2D eigenvalue weighted by Gasteiger charge is 2.10. The summed E-state index contributed by atoms with van der Waals surface area (Å²) in [5, 5.41) is 8.13. The molecule has 0 spiro atoms. The number of rotatable bonds is 5. The Kier molecular flexibility index (Phi) is 4.47. The number of aromatic nitrogens is 3. The number of nitrogens with one attached hydrogen (secondary N) is 2. The molecular formula is C20H19N5O. The van der Waals surface area contributed by atoms with Crippen molar-refractivity contribution < 1.29 is 4.79 Å². The van der Waals surface area contributed by atoms with Gasteiger partial charge in [0.1, 0.15) is 0 Å². The van der Waals surface area contributed by atoms with Crippen LogP contribution < -0.4 is 10.6 Å². The SMILES string of the molecule is O=C(NCCn1c2ccccc2c2ccncc21)NCc1cccnc1. The second kappa shape index (κ2) is 7.23. The highest BCUT2D eigenvalue weighted by molar-refractivity contribution is 6.07. The Morgan fingerprint density at radius 1 is 0.885 bits per heavy atom. The molecule has 0 saturated heterocycles. The van der Waals surface area contributed by atoms with Crippen molar-refractivity contribution >= 4 is 27.8 Å². The molecule has 3 aromatic heterocycles. The minimum Gasteiger partial charge on any atom is -0.337 e. The molecule has 4 aromatic rings. The van der Waals surface area contributed by atoms with Crippen LogP contribution >= 0.6 is 0 Å². The molecule has 6 nitrogen and oxygen atoms in total. The number of para-hydroxylation sites is 1. The lowest BCUT2D eigenvalue weighted by Gasteiger charge is -2.10. The first-order chi connectivity index (χ1) is 12.8. The molecule has 0 fully saturated rings. The van der Waals surface area contributed by atoms with Crippen molar-refractivity contribution in [1.82, 2.24) is 25.2 Å². The minimum atomic E-state index is -0.187. The van der Waals surface area contributed by atoms with Crippen LogP contribution in [0.2, 0.25) is 0 Å². The summed E-state index contributed by atoms with van der Waals surface area (Å²) in [6.45, 7) is 1.66. The molecule has 6 heteroatoms. The molecule has 1 aromatic carbocycles. The molecule has 0 bridgehead atoms. The van der Waals surface area contributed by atoms with Gasteiger partial charge in [-0.25, -0.2) is 4.79 Å². The Balaban J connectivity index is 1.42. The largest absolute Gasteiger partial charge is 0.337 e. The Labute approximate surface area is 150 Å². The summed E-state index contributed by atoms with van der Waals surface area (Å²) in [6.07, 6.45) is 7.14. The zero-order valence-electron chi connectivity index (χ0n) is 14.2. The van der Waals surface area contributed by atoms with Gasteiger partial charge >= 0.3 is 6.03 Å². The van der Waals surface area contributed by atoms with Gasteiger partial charge in [0.25, 0.3) is 0 Å². The van der Waals surface area contributed by atoms with Crippen molar-refractivity contribution in [2.45, 2.75) is 13.1 Å². The number of carbonyl (C=O) groups excluding carboxylic acids is 1. The molecule has 2 N–H and O–H groups in total. The second-order valence-electron chi connectivity index (χ2n) is 6.03. The van der Waals surface area contributed by atoms with Gasteiger partial charge in [0, 0.05) is 54.5 Å². The average Bonchev–Trinajstić information content (AvgIpc) is 3.02. The summed E-state index contributed by atoms with van der Waals surface area (Å²) >= 11 is 0. The summed E-state index contributed by atoms with van der Waals surface area (Å²) < 4.78 is 2.19. The fourth-order valence-electron chi connectivity index (χ4n) is 3.17. The van der Waals surface area contributed by atoms with E-state index in [1.54, 1.807) is 12.4 Å². The lowest BCUT2D eigenvalue weighted by Crippen LogP contribution is -2.36. The van der Waals surface area contributed by atoms with Crippen molar-refractivity contribution in [1.29, 1.82) is 0 Å². The Hall–Kier alpha value is -3.41. The van der Waals surface area contributed by atoms with Crippen molar-refractivity contribution in [2.75, 3.05) is 6.54 Å². The van der Waals surface area contributed by atoms with Gasteiger partial charge < -0.3 is 15.2 Å². The molecule has 0 aliphatic carbocycles. The third-order valence-corrected chi connectivity index (χ3v) is 4.37. The number of fused-ring (bicyclic) bond motifs is 3. The molecule has 0 atom stereocenters. The van der Waals surface area contributed by atoms with Crippen molar-refractivity contribution in [2.24, 2.45) is 0 Å². The number of carbonyl (C=O) groups is 1. The molecule has 130 valence electrons. The first-order valence-corrected chi connectivity index (χ1v) is 8.54. The lowest BCUT2D eigenvalue weighted by molar-refractivity contribution is 0.240. The molecule has 0 aliphatic rings. The average molecular weight is 345 g/mol. The van der Waals surface area contributed by atoms with E-state index in [1.165, 1.54) is 10.8 Å². The van der Waals surface area contributed by atoms with Crippen LogP contribution in [0.1, 0.15) is 5.56 Å². The topological polar surface area (TPSA) is 71.8 Å². The molecule has 3 heterocycles. The van der Waals surface area contributed by atoms with Crippen LogP contribution in [-0.2, 0) is 13.1 Å². The standard InChI is InChI=1S/C20H19N5O/c26-20(24-13-15-4-3-8-21-12-15)23-10-11-25-18-6-2-1-5-16(18)17-7-9-22-14-19(17)25/h1-9,12,14H,10-11,13H2,(H2,23,24,26). The van der Waals surface area contributed by atoms with E-state index in [2.05, 4.69) is 37.3 Å². The van der Waals surface area contributed by atoms with Crippen LogP contribution in [0.5, 0.6) is 0 Å². The maximum atomic E-state index is 12.0. The zero-order chi connectivity index (χ0) is 17.8. The molecule has 0 unspecified atom stereocenters. The van der Waals surface area contributed by atoms with Gasteiger partial charge in [-0.3, -0.25) is 9.97 Å². The fraction of sp³-hybridized carbons (Fsp3) is 0.150. The van der Waals surface area contributed by atoms with E-state index >= 15 is 0 Å². The number of nitrogens with zero attached hydrogens (tertiary/aromatic N) is 3. The van der Waals surface area contributed by atoms with E-state index in [9.17, 15) is 4.79 Å². The van der Waals surface area contributed by atoms with Crippen molar-refractivity contribution in [3.63, 3.8) is 0 Å². The van der Waals surface area contributed by atoms with Gasteiger partial charge in [-0.05, 0) is 23.8 Å². The summed E-state index contributed by atoms with van der Waals surface area (Å²) in [7, 11) is 0. The first kappa shape index (κ1) is 16.1. The van der Waals surface area contributed by atoms with Crippen LogP contribution in [0.4, 0.5) is 4.79 Å². The van der Waals surface area contributed by atoms with Crippen LogP contribution in [-0.4, -0.2) is 27.1 Å². The van der Waals surface area contributed by atoms with E-state index in [0.29, 0.717) is 19.6 Å². The third-order valence-electron chi connectivity index (χ3n) is 4.37. The molecule has 0 saturated carbocycles. The highest BCUT2D eigenvalue weighted by atomic mass is 16.2. The van der Waals surface area contributed by atoms with Gasteiger partial charge in [-0.15, -0.1) is 0 Å². The number of urea groups is 1. The maximum absolute atomic E-state index is 12.0. The van der Waals surface area contributed by atoms with E-state index in [0.717, 1.165) is 16.6 Å². The summed E-state index contributed by atoms with van der Waals surface area (Å²) in [4.78, 5) is 20.3. The minimum absolute atomic E-state index is 0.187. The lowest BCUT2D eigenvalue weighted by atomic mass is 10.2. The van der Waals surface area contributed by atoms with E-state index in [4.69, 9.17) is 0 Å². The molecular weight excluding hydrogens is 326 g/mol. The number of amides is 2. The van der Waals surface area contributed by atoms with Crippen LogP contribution in [0.3, 0.4) is 0 Å². The highest BCUT2D eigenvalue weighted by Crippen LogP contribution is 2.27. The van der Waals surface area contributed by atoms with Gasteiger partial charge in [-0.1, -0.05) is 24.3 Å². The molecule has 0 aliphatic heterocycles. The Morgan fingerprint density at radius 2 is 1.73 bits per heavy atom. The third kappa shape index (κ3) is 3.21. The first-order valence-electron chi connectivity index (χ1n) is 8.54. The van der Waals surface area contributed by atoms with Crippen LogP contribution in [0, 0.1) is 0 Å². The number of hydrogen-bond acceptors (Lipinski definition) is 3. The predicted molar refractivity (Wildman–Crippen MR) is 102 cm³/mol. The van der Waals surface area contributed by atoms with Crippen LogP contribution in [0.25, 0.3) is 21.8 Å². The number of benzene rings is 1. The zero-order valence-corrected chi connectivity index (χ0v) is 14.2. The van der Waals surface area contributed by atoms with Gasteiger partial charge in [0.2, 0.25) is 0 Å². The fourth-order valence-corrected chi connectivity index (χ4v) is 3.17. The van der Waals surface area contributed by atoms with E-state index < -0.39 is 0 Å².